The third-order valence-electron chi connectivity index (χ3n) is 6.58. The molecule has 8 heteroatoms. The predicted molar refractivity (Wildman–Crippen MR) is 131 cm³/mol. The molecule has 1 aromatic carbocycles. The van der Waals surface area contributed by atoms with E-state index in [2.05, 4.69) is 21.1 Å². The molecule has 5 rings (SSSR count). The van der Waals surface area contributed by atoms with Crippen LogP contribution in [-0.2, 0) is 26.6 Å². The van der Waals surface area contributed by atoms with Crippen LogP contribution in [0.3, 0.4) is 0 Å². The third kappa shape index (κ3) is 4.40. The molecule has 0 radical (unpaired) electrons. The van der Waals surface area contributed by atoms with Crippen LogP contribution < -0.4 is 10.5 Å². The van der Waals surface area contributed by atoms with Gasteiger partial charge < -0.3 is 15.4 Å². The molecule has 0 bridgehead atoms. The van der Waals surface area contributed by atoms with Crippen LogP contribution in [0.15, 0.2) is 41.7 Å². The zero-order chi connectivity index (χ0) is 23.8. The van der Waals surface area contributed by atoms with Crippen molar-refractivity contribution in [3.63, 3.8) is 0 Å². The van der Waals surface area contributed by atoms with Crippen LogP contribution in [0.2, 0.25) is 0 Å². The van der Waals surface area contributed by atoms with Crippen molar-refractivity contribution in [3.05, 3.63) is 64.7 Å². The summed E-state index contributed by atoms with van der Waals surface area (Å²) in [6, 6.07) is 7.82. The summed E-state index contributed by atoms with van der Waals surface area (Å²) in [6.07, 6.45) is 6.73. The van der Waals surface area contributed by atoms with Gasteiger partial charge in [0.1, 0.15) is 5.75 Å². The van der Waals surface area contributed by atoms with Crippen LogP contribution in [0.25, 0.3) is 11.1 Å². The number of aromatic nitrogens is 3. The van der Waals surface area contributed by atoms with Crippen LogP contribution in [0.4, 0.5) is 0 Å². The van der Waals surface area contributed by atoms with E-state index in [1.807, 2.05) is 41.9 Å². The smallest absolute Gasteiger partial charge is 0.254 e. The molecule has 8 nitrogen and oxygen atoms in total. The van der Waals surface area contributed by atoms with Gasteiger partial charge in [0, 0.05) is 49.1 Å². The molecule has 3 aromatic rings. The number of rotatable bonds is 7. The van der Waals surface area contributed by atoms with Crippen molar-refractivity contribution in [2.75, 3.05) is 13.7 Å². The number of benzene rings is 1. The van der Waals surface area contributed by atoms with Crippen molar-refractivity contribution in [2.45, 2.75) is 39.3 Å². The largest absolute Gasteiger partial charge is 0.497 e. The van der Waals surface area contributed by atoms with Gasteiger partial charge in [-0.1, -0.05) is 0 Å². The molecule has 34 heavy (non-hydrogen) atoms. The SMILES string of the molecule is COc1ccnc(CN2CCc3c(cc(CN=C(N)C4CC4)cc3-c3cn(C)nc3C)C2=O)c1. The normalized spacial score (nSPS) is 16.0. The highest BCUT2D eigenvalue weighted by molar-refractivity contribution is 5.99. The summed E-state index contributed by atoms with van der Waals surface area (Å²) in [5, 5.41) is 4.53. The zero-order valence-corrected chi connectivity index (χ0v) is 19.9. The fourth-order valence-electron chi connectivity index (χ4n) is 4.61. The number of ether oxygens (including phenoxy) is 1. The van der Waals surface area contributed by atoms with Gasteiger partial charge in [-0.25, -0.2) is 0 Å². The van der Waals surface area contributed by atoms with Crippen molar-refractivity contribution < 1.29 is 9.53 Å². The lowest BCUT2D eigenvalue weighted by Gasteiger charge is -2.30. The molecule has 1 saturated carbocycles. The van der Waals surface area contributed by atoms with Gasteiger partial charge in [-0.15, -0.1) is 0 Å². The fourth-order valence-corrected chi connectivity index (χ4v) is 4.61. The van der Waals surface area contributed by atoms with Gasteiger partial charge in [0.05, 0.1) is 37.4 Å². The lowest BCUT2D eigenvalue weighted by atomic mass is 9.88. The van der Waals surface area contributed by atoms with E-state index in [1.165, 1.54) is 0 Å². The quantitative estimate of drug-likeness (QED) is 0.433. The summed E-state index contributed by atoms with van der Waals surface area (Å²) in [6.45, 7) is 3.53. The second-order valence-corrected chi connectivity index (χ2v) is 9.15. The van der Waals surface area contributed by atoms with E-state index in [-0.39, 0.29) is 5.91 Å². The molecule has 1 aliphatic carbocycles. The van der Waals surface area contributed by atoms with Gasteiger partial charge in [-0.3, -0.25) is 19.5 Å². The Kier molecular flexibility index (Phi) is 5.81. The fraction of sp³-hybridized carbons (Fsp3) is 0.385. The number of nitrogens with two attached hydrogens (primary N) is 1. The average Bonchev–Trinajstić information content (AvgIpc) is 3.63. The molecule has 0 spiro atoms. The highest BCUT2D eigenvalue weighted by atomic mass is 16.5. The van der Waals surface area contributed by atoms with Gasteiger partial charge in [-0.2, -0.15) is 5.10 Å². The molecule has 2 aromatic heterocycles. The molecule has 0 atom stereocenters. The number of nitrogens with zero attached hydrogens (tertiary/aromatic N) is 5. The minimum absolute atomic E-state index is 0.00894. The Hall–Kier alpha value is -3.68. The monoisotopic (exact) mass is 458 g/mol. The van der Waals surface area contributed by atoms with Gasteiger partial charge in [0.25, 0.3) is 5.91 Å². The van der Waals surface area contributed by atoms with Crippen molar-refractivity contribution >= 4 is 11.7 Å². The van der Waals surface area contributed by atoms with E-state index in [0.29, 0.717) is 31.4 Å². The number of pyridine rings is 1. The number of amidine groups is 1. The van der Waals surface area contributed by atoms with Gasteiger partial charge >= 0.3 is 0 Å². The third-order valence-corrected chi connectivity index (χ3v) is 6.58. The molecule has 2 N–H and O–H groups in total. The van der Waals surface area contributed by atoms with E-state index >= 15 is 0 Å². The van der Waals surface area contributed by atoms with Crippen LogP contribution in [-0.4, -0.2) is 45.1 Å². The van der Waals surface area contributed by atoms with Crippen molar-refractivity contribution in [1.29, 1.82) is 0 Å². The number of aryl methyl sites for hydroxylation is 2. The molecular formula is C26H30N6O2. The van der Waals surface area contributed by atoms with E-state index in [4.69, 9.17) is 10.5 Å². The summed E-state index contributed by atoms with van der Waals surface area (Å²) in [7, 11) is 3.55. The maximum absolute atomic E-state index is 13.6. The molecule has 176 valence electrons. The number of carbonyl (C=O) groups is 1. The highest BCUT2D eigenvalue weighted by Crippen LogP contribution is 2.34. The van der Waals surface area contributed by atoms with E-state index in [1.54, 1.807) is 19.4 Å². The van der Waals surface area contributed by atoms with E-state index in [0.717, 1.165) is 64.2 Å². The number of hydrogen-bond acceptors (Lipinski definition) is 5. The van der Waals surface area contributed by atoms with Gasteiger partial charge in [0.2, 0.25) is 0 Å². The highest BCUT2D eigenvalue weighted by Gasteiger charge is 2.29. The first-order chi connectivity index (χ1) is 16.4. The molecular weight excluding hydrogens is 428 g/mol. The number of methoxy groups -OCH3 is 1. The summed E-state index contributed by atoms with van der Waals surface area (Å²) >= 11 is 0. The lowest BCUT2D eigenvalue weighted by molar-refractivity contribution is 0.0725. The Morgan fingerprint density at radius 1 is 1.24 bits per heavy atom. The summed E-state index contributed by atoms with van der Waals surface area (Å²) in [4.78, 5) is 24.5. The second-order valence-electron chi connectivity index (χ2n) is 9.15. The van der Waals surface area contributed by atoms with Crippen LogP contribution in [0.1, 0.15) is 45.7 Å². The van der Waals surface area contributed by atoms with Crippen molar-refractivity contribution in [2.24, 2.45) is 23.7 Å². The number of aliphatic imine (C=N–C) groups is 1. The Bertz CT molecular complexity index is 1270. The molecule has 1 aliphatic heterocycles. The first-order valence-electron chi connectivity index (χ1n) is 11.7. The summed E-state index contributed by atoms with van der Waals surface area (Å²) in [5.74, 6) is 1.88. The first kappa shape index (κ1) is 22.1. The number of fused-ring (bicyclic) bond motifs is 1. The van der Waals surface area contributed by atoms with Gasteiger partial charge in [0.15, 0.2) is 0 Å². The Morgan fingerprint density at radius 2 is 2.03 bits per heavy atom. The number of hydrogen-bond donors (Lipinski definition) is 1. The van der Waals surface area contributed by atoms with Crippen LogP contribution >= 0.6 is 0 Å². The van der Waals surface area contributed by atoms with Gasteiger partial charge in [-0.05, 0) is 61.1 Å². The Morgan fingerprint density at radius 3 is 2.74 bits per heavy atom. The Balaban J connectivity index is 1.51. The molecule has 0 saturated heterocycles. The molecule has 3 heterocycles. The molecule has 2 aliphatic rings. The topological polar surface area (TPSA) is 98.6 Å². The molecule has 1 fully saturated rings. The first-order valence-corrected chi connectivity index (χ1v) is 11.7. The summed E-state index contributed by atoms with van der Waals surface area (Å²) < 4.78 is 7.13. The maximum atomic E-state index is 13.6. The Labute approximate surface area is 199 Å². The predicted octanol–water partition coefficient (Wildman–Crippen LogP) is 3.26. The summed E-state index contributed by atoms with van der Waals surface area (Å²) in [5.41, 5.74) is 12.8. The zero-order valence-electron chi connectivity index (χ0n) is 19.9. The minimum Gasteiger partial charge on any atom is -0.497 e. The van der Waals surface area contributed by atoms with E-state index in [9.17, 15) is 4.79 Å². The number of carbonyl (C=O) groups excluding carboxylic acids is 1. The minimum atomic E-state index is 0.00894. The number of amides is 1. The lowest BCUT2D eigenvalue weighted by Crippen LogP contribution is -2.37. The molecule has 0 unspecified atom stereocenters. The molecule has 1 amide bonds. The van der Waals surface area contributed by atoms with E-state index < -0.39 is 0 Å². The van der Waals surface area contributed by atoms with Crippen molar-refractivity contribution in [3.8, 4) is 16.9 Å². The maximum Gasteiger partial charge on any atom is 0.254 e. The second kappa shape index (κ2) is 8.93. The van der Waals surface area contributed by atoms with Crippen LogP contribution in [0, 0.1) is 12.8 Å². The van der Waals surface area contributed by atoms with Crippen molar-refractivity contribution in [1.82, 2.24) is 19.7 Å². The average molecular weight is 459 g/mol. The standard InChI is InChI=1S/C26H30N6O2/c1-16-24(15-31(2)30-16)22-10-17(13-29-25(27)18-4-5-18)11-23-21(22)7-9-32(26(23)33)14-19-12-20(34-3)6-8-28-19/h6,8,10-12,15,18H,4-5,7,9,13-14H2,1-3H3,(H2,27,29). The van der Waals surface area contributed by atoms with Crippen LogP contribution in [0.5, 0.6) is 5.75 Å².